The highest BCUT2D eigenvalue weighted by molar-refractivity contribution is 5.82. The van der Waals surface area contributed by atoms with E-state index in [1.165, 1.54) is 32.1 Å². The molecule has 0 amide bonds. The van der Waals surface area contributed by atoms with Crippen molar-refractivity contribution in [2.24, 2.45) is 28.6 Å². The Kier molecular flexibility index (Phi) is 2.48. The number of ketones is 1. The maximum atomic E-state index is 12.2. The van der Waals surface area contributed by atoms with Gasteiger partial charge in [0.1, 0.15) is 5.78 Å². The maximum absolute atomic E-state index is 12.2. The van der Waals surface area contributed by atoms with Gasteiger partial charge in [-0.05, 0) is 54.8 Å². The standard InChI is InChI=1S/C16H26O/c1-15(2)11-8-9-16(15,3)13(10-11)12-6-4-5-7-14(12)17/h11-13H,4-10H2,1-3H3/t11-,12-,13+,16+/m0/s1. The summed E-state index contributed by atoms with van der Waals surface area (Å²) >= 11 is 0. The number of hydrogen-bond donors (Lipinski definition) is 0. The zero-order chi connectivity index (χ0) is 12.3. The van der Waals surface area contributed by atoms with Gasteiger partial charge in [0.25, 0.3) is 0 Å². The van der Waals surface area contributed by atoms with E-state index in [0.717, 1.165) is 18.8 Å². The van der Waals surface area contributed by atoms with Crippen molar-refractivity contribution in [1.29, 1.82) is 0 Å². The van der Waals surface area contributed by atoms with Crippen molar-refractivity contribution >= 4 is 5.78 Å². The molecule has 3 rings (SSSR count). The first-order valence-corrected chi connectivity index (χ1v) is 7.49. The smallest absolute Gasteiger partial charge is 0.136 e. The predicted molar refractivity (Wildman–Crippen MR) is 69.7 cm³/mol. The van der Waals surface area contributed by atoms with Gasteiger partial charge in [-0.15, -0.1) is 0 Å². The largest absolute Gasteiger partial charge is 0.299 e. The first-order valence-electron chi connectivity index (χ1n) is 7.49. The number of hydrogen-bond acceptors (Lipinski definition) is 1. The molecule has 0 aromatic heterocycles. The second-order valence-corrected chi connectivity index (χ2v) is 7.54. The van der Waals surface area contributed by atoms with E-state index < -0.39 is 0 Å². The van der Waals surface area contributed by atoms with Crippen LogP contribution in [0.5, 0.6) is 0 Å². The zero-order valence-corrected chi connectivity index (χ0v) is 11.6. The molecule has 4 atom stereocenters. The van der Waals surface area contributed by atoms with E-state index in [0.29, 0.717) is 28.4 Å². The van der Waals surface area contributed by atoms with Crippen LogP contribution in [0.25, 0.3) is 0 Å². The lowest BCUT2D eigenvalue weighted by Gasteiger charge is -2.43. The highest BCUT2D eigenvalue weighted by Gasteiger charge is 2.63. The molecule has 0 unspecified atom stereocenters. The highest BCUT2D eigenvalue weighted by Crippen LogP contribution is 2.70. The summed E-state index contributed by atoms with van der Waals surface area (Å²) in [6.45, 7) is 7.39. The summed E-state index contributed by atoms with van der Waals surface area (Å²) in [4.78, 5) is 12.2. The molecule has 0 spiro atoms. The van der Waals surface area contributed by atoms with Gasteiger partial charge in [-0.2, -0.15) is 0 Å². The normalized spacial score (nSPS) is 48.6. The average Bonchev–Trinajstić information content (AvgIpc) is 2.62. The minimum absolute atomic E-state index is 0.415. The van der Waals surface area contributed by atoms with Crippen LogP contribution in [0.3, 0.4) is 0 Å². The molecule has 2 bridgehead atoms. The minimum atomic E-state index is 0.415. The Hall–Kier alpha value is -0.330. The van der Waals surface area contributed by atoms with E-state index in [4.69, 9.17) is 0 Å². The molecule has 0 N–H and O–H groups in total. The summed E-state index contributed by atoms with van der Waals surface area (Å²) in [7, 11) is 0. The summed E-state index contributed by atoms with van der Waals surface area (Å²) in [6, 6.07) is 0. The van der Waals surface area contributed by atoms with E-state index >= 15 is 0 Å². The maximum Gasteiger partial charge on any atom is 0.136 e. The van der Waals surface area contributed by atoms with Crippen LogP contribution < -0.4 is 0 Å². The van der Waals surface area contributed by atoms with E-state index in [1.54, 1.807) is 0 Å². The molecule has 3 aliphatic rings. The Morgan fingerprint density at radius 3 is 2.41 bits per heavy atom. The molecular formula is C16H26O. The minimum Gasteiger partial charge on any atom is -0.299 e. The van der Waals surface area contributed by atoms with E-state index in [-0.39, 0.29) is 0 Å². The van der Waals surface area contributed by atoms with Crippen LogP contribution in [-0.2, 0) is 4.79 Å². The van der Waals surface area contributed by atoms with Crippen molar-refractivity contribution in [2.75, 3.05) is 0 Å². The lowest BCUT2D eigenvalue weighted by atomic mass is 9.61. The Morgan fingerprint density at radius 1 is 1.12 bits per heavy atom. The first kappa shape index (κ1) is 11.7. The molecule has 0 aromatic rings. The Morgan fingerprint density at radius 2 is 1.88 bits per heavy atom. The number of fused-ring (bicyclic) bond motifs is 2. The van der Waals surface area contributed by atoms with Gasteiger partial charge in [0, 0.05) is 12.3 Å². The number of carbonyl (C=O) groups is 1. The Balaban J connectivity index is 1.88. The molecule has 1 heteroatoms. The van der Waals surface area contributed by atoms with Gasteiger partial charge in [-0.1, -0.05) is 27.2 Å². The third kappa shape index (κ3) is 1.40. The quantitative estimate of drug-likeness (QED) is 0.664. The molecule has 3 aliphatic carbocycles. The summed E-state index contributed by atoms with van der Waals surface area (Å²) in [5.41, 5.74) is 0.907. The van der Waals surface area contributed by atoms with Gasteiger partial charge in [0.2, 0.25) is 0 Å². The van der Waals surface area contributed by atoms with Crippen LogP contribution in [0.1, 0.15) is 65.7 Å². The molecule has 17 heavy (non-hydrogen) atoms. The predicted octanol–water partition coefficient (Wildman–Crippen LogP) is 4.21. The topological polar surface area (TPSA) is 17.1 Å². The monoisotopic (exact) mass is 234 g/mol. The molecule has 0 heterocycles. The summed E-state index contributed by atoms with van der Waals surface area (Å²) in [5.74, 6) is 2.58. The lowest BCUT2D eigenvalue weighted by Crippen LogP contribution is -2.39. The molecule has 0 aliphatic heterocycles. The second kappa shape index (κ2) is 3.59. The fourth-order valence-corrected chi connectivity index (χ4v) is 5.31. The molecular weight excluding hydrogens is 208 g/mol. The van der Waals surface area contributed by atoms with Crippen LogP contribution in [0.15, 0.2) is 0 Å². The molecule has 1 nitrogen and oxygen atoms in total. The number of Topliss-reactive ketones (excluding diaryl/α,β-unsaturated/α-hetero) is 1. The van der Waals surface area contributed by atoms with Crippen molar-refractivity contribution in [2.45, 2.75) is 65.7 Å². The lowest BCUT2D eigenvalue weighted by molar-refractivity contribution is -0.128. The molecule has 3 saturated carbocycles. The zero-order valence-electron chi connectivity index (χ0n) is 11.6. The fraction of sp³-hybridized carbons (Fsp3) is 0.938. The third-order valence-corrected chi connectivity index (χ3v) is 6.95. The molecule has 0 radical (unpaired) electrons. The van der Waals surface area contributed by atoms with E-state index in [9.17, 15) is 4.79 Å². The van der Waals surface area contributed by atoms with Gasteiger partial charge in [0.15, 0.2) is 0 Å². The SMILES string of the molecule is CC1(C)[C@H]2CC[C@]1(C)[C@@H]([C@@H]1CCCCC1=O)C2. The van der Waals surface area contributed by atoms with Gasteiger partial charge in [0.05, 0.1) is 0 Å². The summed E-state index contributed by atoms with van der Waals surface area (Å²) in [6.07, 6.45) is 8.57. The van der Waals surface area contributed by atoms with Crippen molar-refractivity contribution in [3.05, 3.63) is 0 Å². The van der Waals surface area contributed by atoms with E-state index in [1.807, 2.05) is 0 Å². The molecule has 0 saturated heterocycles. The van der Waals surface area contributed by atoms with Crippen LogP contribution in [-0.4, -0.2) is 5.78 Å². The van der Waals surface area contributed by atoms with Gasteiger partial charge < -0.3 is 0 Å². The van der Waals surface area contributed by atoms with Crippen molar-refractivity contribution in [3.8, 4) is 0 Å². The van der Waals surface area contributed by atoms with Gasteiger partial charge in [-0.25, -0.2) is 0 Å². The highest BCUT2D eigenvalue weighted by atomic mass is 16.1. The van der Waals surface area contributed by atoms with Crippen molar-refractivity contribution in [3.63, 3.8) is 0 Å². The Labute approximate surface area is 105 Å². The fourth-order valence-electron chi connectivity index (χ4n) is 5.31. The van der Waals surface area contributed by atoms with Crippen LogP contribution >= 0.6 is 0 Å². The van der Waals surface area contributed by atoms with Crippen molar-refractivity contribution < 1.29 is 4.79 Å². The Bertz CT molecular complexity index is 343. The van der Waals surface area contributed by atoms with Crippen molar-refractivity contribution in [1.82, 2.24) is 0 Å². The molecule has 0 aromatic carbocycles. The molecule has 96 valence electrons. The third-order valence-electron chi connectivity index (χ3n) is 6.95. The van der Waals surface area contributed by atoms with Crippen LogP contribution in [0.2, 0.25) is 0 Å². The van der Waals surface area contributed by atoms with Gasteiger partial charge in [-0.3, -0.25) is 4.79 Å². The second-order valence-electron chi connectivity index (χ2n) is 7.54. The summed E-state index contributed by atoms with van der Waals surface area (Å²) in [5, 5.41) is 0. The van der Waals surface area contributed by atoms with Crippen LogP contribution in [0, 0.1) is 28.6 Å². The average molecular weight is 234 g/mol. The van der Waals surface area contributed by atoms with Crippen LogP contribution in [0.4, 0.5) is 0 Å². The number of rotatable bonds is 1. The summed E-state index contributed by atoms with van der Waals surface area (Å²) < 4.78 is 0. The van der Waals surface area contributed by atoms with E-state index in [2.05, 4.69) is 20.8 Å². The number of carbonyl (C=O) groups excluding carboxylic acids is 1. The molecule has 3 fully saturated rings. The first-order chi connectivity index (χ1) is 7.97. The van der Waals surface area contributed by atoms with Gasteiger partial charge >= 0.3 is 0 Å².